The fourth-order valence-electron chi connectivity index (χ4n) is 10.5. The summed E-state index contributed by atoms with van der Waals surface area (Å²) < 4.78 is 0. The monoisotopic (exact) mass is 494 g/mol. The van der Waals surface area contributed by atoms with E-state index in [2.05, 4.69) is 48.5 Å². The quantitative estimate of drug-likeness (QED) is 0.395. The van der Waals surface area contributed by atoms with E-state index in [9.17, 15) is 25.5 Å². The normalized spacial score (nSPS) is 53.5. The van der Waals surface area contributed by atoms with Gasteiger partial charge in [0.1, 0.15) is 0 Å². The fraction of sp³-hybridized carbons (Fsp3) is 1.00. The maximum Gasteiger partial charge on any atom is 0.0635 e. The lowest BCUT2D eigenvalue weighted by Crippen LogP contribution is -2.69. The van der Waals surface area contributed by atoms with E-state index >= 15 is 0 Å². The van der Waals surface area contributed by atoms with Crippen molar-refractivity contribution >= 4 is 0 Å². The number of hydrogen-bond acceptors (Lipinski definition) is 5. The zero-order valence-corrected chi connectivity index (χ0v) is 23.5. The molecule has 4 aliphatic carbocycles. The predicted octanol–water partition coefficient (Wildman–Crippen LogP) is 4.53. The van der Waals surface area contributed by atoms with Crippen LogP contribution >= 0.6 is 0 Å². The Balaban J connectivity index is 1.79. The van der Waals surface area contributed by atoms with Crippen molar-refractivity contribution in [3.63, 3.8) is 0 Å². The summed E-state index contributed by atoms with van der Waals surface area (Å²) in [4.78, 5) is 0. The molecule has 5 nitrogen and oxygen atoms in total. The second-order valence-corrected chi connectivity index (χ2v) is 15.4. The smallest absolute Gasteiger partial charge is 0.0635 e. The van der Waals surface area contributed by atoms with E-state index in [1.165, 1.54) is 0 Å². The minimum Gasteiger partial charge on any atom is -0.396 e. The summed E-state index contributed by atoms with van der Waals surface area (Å²) in [7, 11) is 0. The van der Waals surface area contributed by atoms with Gasteiger partial charge in [0.15, 0.2) is 0 Å². The Kier molecular flexibility index (Phi) is 6.88. The Hall–Kier alpha value is -0.200. The van der Waals surface area contributed by atoms with E-state index in [0.717, 1.165) is 44.9 Å². The molecule has 4 rings (SSSR count). The van der Waals surface area contributed by atoms with Crippen molar-refractivity contribution < 1.29 is 25.5 Å². The van der Waals surface area contributed by atoms with Gasteiger partial charge in [-0.25, -0.2) is 0 Å². The highest BCUT2D eigenvalue weighted by Gasteiger charge is 2.69. The van der Waals surface area contributed by atoms with Gasteiger partial charge in [-0.15, -0.1) is 0 Å². The molecule has 4 fully saturated rings. The SMILES string of the molecule is CC1(C)CC[C@]2(CO)[C@H](O)C[C@@](C)([C@]3(C)CC[C@H]4C(C)(C)[C@@H](O)CC[C@]4(C)C3CCO)C(O)[C@@H]2C1. The number of fused-ring (bicyclic) bond motifs is 2. The molecule has 0 aromatic heterocycles. The van der Waals surface area contributed by atoms with Crippen LogP contribution in [-0.4, -0.2) is 57.1 Å². The number of aliphatic hydroxyl groups excluding tert-OH is 5. The topological polar surface area (TPSA) is 101 Å². The molecule has 4 aliphatic rings. The third-order valence-corrected chi connectivity index (χ3v) is 13.1. The zero-order chi connectivity index (χ0) is 26.2. The first kappa shape index (κ1) is 27.8. The van der Waals surface area contributed by atoms with Gasteiger partial charge >= 0.3 is 0 Å². The van der Waals surface area contributed by atoms with E-state index in [1.54, 1.807) is 0 Å². The average molecular weight is 495 g/mol. The number of aliphatic hydroxyl groups is 5. The van der Waals surface area contributed by atoms with Crippen LogP contribution in [0.1, 0.15) is 106 Å². The third kappa shape index (κ3) is 3.72. The highest BCUT2D eigenvalue weighted by atomic mass is 16.3. The molecule has 0 spiro atoms. The van der Waals surface area contributed by atoms with E-state index in [1.807, 2.05) is 0 Å². The van der Waals surface area contributed by atoms with Crippen LogP contribution in [0.2, 0.25) is 0 Å². The van der Waals surface area contributed by atoms with Crippen LogP contribution in [0.15, 0.2) is 0 Å². The van der Waals surface area contributed by atoms with Crippen LogP contribution in [0.5, 0.6) is 0 Å². The molecule has 204 valence electrons. The average Bonchev–Trinajstić information content (AvgIpc) is 2.77. The van der Waals surface area contributed by atoms with Crippen molar-refractivity contribution in [2.24, 2.45) is 50.2 Å². The molecule has 0 aromatic carbocycles. The molecular weight excluding hydrogens is 440 g/mol. The van der Waals surface area contributed by atoms with Crippen LogP contribution in [-0.2, 0) is 0 Å². The predicted molar refractivity (Wildman–Crippen MR) is 139 cm³/mol. The van der Waals surface area contributed by atoms with Crippen molar-refractivity contribution in [3.8, 4) is 0 Å². The Morgan fingerprint density at radius 1 is 0.714 bits per heavy atom. The maximum atomic E-state index is 12.3. The van der Waals surface area contributed by atoms with Crippen molar-refractivity contribution in [3.05, 3.63) is 0 Å². The number of rotatable bonds is 4. The Bertz CT molecular complexity index is 796. The minimum absolute atomic E-state index is 0.0521. The summed E-state index contributed by atoms with van der Waals surface area (Å²) in [5, 5.41) is 55.7. The van der Waals surface area contributed by atoms with Gasteiger partial charge in [0.2, 0.25) is 0 Å². The van der Waals surface area contributed by atoms with E-state index in [4.69, 9.17) is 0 Å². The molecule has 0 amide bonds. The molecule has 0 radical (unpaired) electrons. The molecule has 0 saturated heterocycles. The van der Waals surface area contributed by atoms with E-state index in [-0.39, 0.29) is 52.8 Å². The standard InChI is InChI=1S/C30H54O5/c1-25(2)13-14-30(18-32)19(16-25)24(35)29(7,17-23(30)34)28(6)12-8-20-26(3,4)22(33)9-11-27(20,5)21(28)10-15-31/h19-24,31-35H,8-18H2,1-7H3/t19-,20-,21?,22-,23+,24?,27-,28+,29+,30+/m0/s1. The van der Waals surface area contributed by atoms with Crippen LogP contribution in [0.3, 0.4) is 0 Å². The molecule has 0 aliphatic heterocycles. The van der Waals surface area contributed by atoms with Gasteiger partial charge < -0.3 is 25.5 Å². The first-order valence-corrected chi connectivity index (χ1v) is 14.3. The van der Waals surface area contributed by atoms with Crippen molar-refractivity contribution in [1.82, 2.24) is 0 Å². The third-order valence-electron chi connectivity index (χ3n) is 13.1. The molecule has 0 heterocycles. The van der Waals surface area contributed by atoms with Crippen molar-refractivity contribution in [2.45, 2.75) is 125 Å². The van der Waals surface area contributed by atoms with Gasteiger partial charge in [-0.2, -0.15) is 0 Å². The van der Waals surface area contributed by atoms with Crippen molar-refractivity contribution in [1.29, 1.82) is 0 Å². The fourth-order valence-corrected chi connectivity index (χ4v) is 10.5. The van der Waals surface area contributed by atoms with Crippen LogP contribution < -0.4 is 0 Å². The summed E-state index contributed by atoms with van der Waals surface area (Å²) in [5.74, 6) is 0.380. The van der Waals surface area contributed by atoms with Gasteiger partial charge in [-0.1, -0.05) is 48.5 Å². The first-order chi connectivity index (χ1) is 16.1. The van der Waals surface area contributed by atoms with Gasteiger partial charge in [0.25, 0.3) is 0 Å². The minimum atomic E-state index is -0.649. The molecular formula is C30H54O5. The summed E-state index contributed by atoms with van der Waals surface area (Å²) in [6.45, 7) is 15.8. The first-order valence-electron chi connectivity index (χ1n) is 14.3. The Morgan fingerprint density at radius 2 is 1.37 bits per heavy atom. The highest BCUT2D eigenvalue weighted by molar-refractivity contribution is 5.18. The lowest BCUT2D eigenvalue weighted by molar-refractivity contribution is -0.273. The lowest BCUT2D eigenvalue weighted by atomic mass is 9.35. The molecule has 2 unspecified atom stereocenters. The van der Waals surface area contributed by atoms with E-state index in [0.29, 0.717) is 18.8 Å². The molecule has 10 atom stereocenters. The van der Waals surface area contributed by atoms with Crippen LogP contribution in [0.4, 0.5) is 0 Å². The van der Waals surface area contributed by atoms with Crippen molar-refractivity contribution in [2.75, 3.05) is 13.2 Å². The van der Waals surface area contributed by atoms with Gasteiger partial charge in [0, 0.05) is 17.4 Å². The second kappa shape index (κ2) is 8.66. The molecule has 5 N–H and O–H groups in total. The van der Waals surface area contributed by atoms with Gasteiger partial charge in [-0.05, 0) is 97.2 Å². The lowest BCUT2D eigenvalue weighted by Gasteiger charge is -2.70. The molecule has 35 heavy (non-hydrogen) atoms. The number of hydrogen-bond donors (Lipinski definition) is 5. The largest absolute Gasteiger partial charge is 0.396 e. The Morgan fingerprint density at radius 3 is 1.97 bits per heavy atom. The molecule has 0 bridgehead atoms. The van der Waals surface area contributed by atoms with E-state index < -0.39 is 23.0 Å². The molecule has 5 heteroatoms. The van der Waals surface area contributed by atoms with Gasteiger partial charge in [0.05, 0.1) is 24.9 Å². The van der Waals surface area contributed by atoms with Crippen LogP contribution in [0.25, 0.3) is 0 Å². The zero-order valence-electron chi connectivity index (χ0n) is 23.5. The Labute approximate surface area is 213 Å². The summed E-state index contributed by atoms with van der Waals surface area (Å²) in [6.07, 6.45) is 5.67. The maximum absolute atomic E-state index is 12.3. The summed E-state index contributed by atoms with van der Waals surface area (Å²) >= 11 is 0. The van der Waals surface area contributed by atoms with Crippen LogP contribution in [0, 0.1) is 50.2 Å². The molecule has 4 saturated carbocycles. The highest BCUT2D eigenvalue weighted by Crippen LogP contribution is 2.72. The summed E-state index contributed by atoms with van der Waals surface area (Å²) in [5.41, 5.74) is -1.60. The van der Waals surface area contributed by atoms with Gasteiger partial charge in [-0.3, -0.25) is 0 Å². The summed E-state index contributed by atoms with van der Waals surface area (Å²) in [6, 6.07) is 0. The second-order valence-electron chi connectivity index (χ2n) is 15.4. The molecule has 0 aromatic rings.